The molecule has 0 fully saturated rings. The molecule has 0 aliphatic rings. The van der Waals surface area contributed by atoms with Gasteiger partial charge in [0.15, 0.2) is 0 Å². The van der Waals surface area contributed by atoms with E-state index in [2.05, 4.69) is 33.9 Å². The topological polar surface area (TPSA) is 64.8 Å². The van der Waals surface area contributed by atoms with Gasteiger partial charge in [-0.3, -0.25) is 9.69 Å². The highest BCUT2D eigenvalue weighted by Crippen LogP contribution is 2.28. The third kappa shape index (κ3) is 9.99. The van der Waals surface area contributed by atoms with Gasteiger partial charge in [-0.1, -0.05) is 84.9 Å². The molecule has 8 heteroatoms. The minimum Gasteiger partial charge on any atom is -0.494 e. The number of halogens is 3. The fourth-order valence-electron chi connectivity index (χ4n) is 4.79. The van der Waals surface area contributed by atoms with E-state index in [0.717, 1.165) is 16.7 Å². The zero-order valence-electron chi connectivity index (χ0n) is 22.6. The number of amides is 1. The number of carbonyl (C=O) groups excluding carboxylic acids is 1. The third-order valence-electron chi connectivity index (χ3n) is 6.55. The predicted octanol–water partition coefficient (Wildman–Crippen LogP) is 6.72. The maximum absolute atomic E-state index is 12.8. The maximum Gasteiger partial charge on any atom is 0.573 e. The van der Waals surface area contributed by atoms with Crippen molar-refractivity contribution >= 4 is 5.91 Å². The molecule has 0 saturated heterocycles. The molecule has 214 valence electrons. The van der Waals surface area contributed by atoms with E-state index in [1.165, 1.54) is 12.1 Å². The molecule has 2 N–H and O–H groups in total. The summed E-state index contributed by atoms with van der Waals surface area (Å²) in [7, 11) is 0. The molecular formula is C33H33F3N2O3. The largest absolute Gasteiger partial charge is 0.573 e. The molecule has 0 aliphatic heterocycles. The van der Waals surface area contributed by atoms with Crippen LogP contribution in [0.2, 0.25) is 0 Å². The van der Waals surface area contributed by atoms with Crippen LogP contribution in [0.15, 0.2) is 109 Å². The van der Waals surface area contributed by atoms with Gasteiger partial charge in [0, 0.05) is 25.6 Å². The second kappa shape index (κ2) is 14.4. The van der Waals surface area contributed by atoms with Crippen molar-refractivity contribution in [3.8, 4) is 11.5 Å². The molecule has 0 atom stereocenters. The number of alkyl halides is 3. The van der Waals surface area contributed by atoms with E-state index in [0.29, 0.717) is 44.0 Å². The molecule has 0 unspecified atom stereocenters. The van der Waals surface area contributed by atoms with Crippen LogP contribution in [0.1, 0.15) is 34.6 Å². The van der Waals surface area contributed by atoms with E-state index in [-0.39, 0.29) is 18.1 Å². The van der Waals surface area contributed by atoms with E-state index < -0.39 is 12.3 Å². The molecule has 5 nitrogen and oxygen atoms in total. The van der Waals surface area contributed by atoms with Gasteiger partial charge in [-0.05, 0) is 52.9 Å². The average Bonchev–Trinajstić information content (AvgIpc) is 2.94. The summed E-state index contributed by atoms with van der Waals surface area (Å²) >= 11 is 0. The van der Waals surface area contributed by atoms with Crippen molar-refractivity contribution in [2.45, 2.75) is 31.7 Å². The fraction of sp³-hybridized carbons (Fsp3) is 0.242. The molecule has 0 aromatic heterocycles. The second-order valence-corrected chi connectivity index (χ2v) is 9.80. The summed E-state index contributed by atoms with van der Waals surface area (Å²) < 4.78 is 48.6. The van der Waals surface area contributed by atoms with E-state index in [9.17, 15) is 18.0 Å². The molecule has 1 amide bonds. The van der Waals surface area contributed by atoms with Crippen LogP contribution in [0.3, 0.4) is 0 Å². The molecule has 0 bridgehead atoms. The first kappa shape index (κ1) is 29.7. The van der Waals surface area contributed by atoms with Gasteiger partial charge < -0.3 is 15.2 Å². The van der Waals surface area contributed by atoms with Gasteiger partial charge in [0.1, 0.15) is 11.5 Å². The van der Waals surface area contributed by atoms with Gasteiger partial charge >= 0.3 is 6.36 Å². The molecule has 0 spiro atoms. The Labute approximate surface area is 238 Å². The van der Waals surface area contributed by atoms with Crippen molar-refractivity contribution in [2.24, 2.45) is 5.73 Å². The quantitative estimate of drug-likeness (QED) is 0.173. The van der Waals surface area contributed by atoms with Gasteiger partial charge in [-0.15, -0.1) is 13.2 Å². The Morgan fingerprint density at radius 3 is 1.98 bits per heavy atom. The first-order chi connectivity index (χ1) is 19.7. The van der Waals surface area contributed by atoms with Crippen LogP contribution < -0.4 is 15.2 Å². The van der Waals surface area contributed by atoms with Crippen LogP contribution in [0.4, 0.5) is 13.2 Å². The maximum atomic E-state index is 12.8. The Kier molecular flexibility index (Phi) is 10.4. The van der Waals surface area contributed by atoms with Crippen molar-refractivity contribution in [1.29, 1.82) is 0 Å². The lowest BCUT2D eigenvalue weighted by molar-refractivity contribution is -0.274. The van der Waals surface area contributed by atoms with Crippen LogP contribution in [-0.4, -0.2) is 36.9 Å². The van der Waals surface area contributed by atoms with E-state index in [1.807, 2.05) is 54.6 Å². The number of nitrogens with zero attached hydrogens (tertiary/aromatic N) is 1. The Morgan fingerprint density at radius 2 is 1.37 bits per heavy atom. The Bertz CT molecular complexity index is 1340. The first-order valence-electron chi connectivity index (χ1n) is 13.4. The van der Waals surface area contributed by atoms with Crippen molar-refractivity contribution in [2.75, 3.05) is 19.7 Å². The zero-order chi connectivity index (χ0) is 29.1. The highest BCUT2D eigenvalue weighted by atomic mass is 19.4. The summed E-state index contributed by atoms with van der Waals surface area (Å²) in [6, 6.07) is 33.7. The number of primary amides is 1. The summed E-state index contributed by atoms with van der Waals surface area (Å²) in [5.41, 5.74) is 9.11. The molecule has 4 aromatic carbocycles. The van der Waals surface area contributed by atoms with Gasteiger partial charge in [-0.2, -0.15) is 0 Å². The summed E-state index contributed by atoms with van der Waals surface area (Å²) in [5, 5.41) is 0. The summed E-state index contributed by atoms with van der Waals surface area (Å²) in [6.45, 7) is 2.14. The monoisotopic (exact) mass is 562 g/mol. The summed E-state index contributed by atoms with van der Waals surface area (Å²) in [4.78, 5) is 13.5. The van der Waals surface area contributed by atoms with Crippen LogP contribution >= 0.6 is 0 Å². The van der Waals surface area contributed by atoms with E-state index in [1.54, 1.807) is 18.2 Å². The predicted molar refractivity (Wildman–Crippen MR) is 153 cm³/mol. The molecular weight excluding hydrogens is 529 g/mol. The van der Waals surface area contributed by atoms with Crippen LogP contribution in [-0.2, 0) is 17.8 Å². The number of benzene rings is 4. The standard InChI is InChI=1S/C33H33F3N2O3/c34-33(35,36)41-30-17-8-11-26(21-30)23-38(18-9-19-40-29-16-7-10-25(20-29)22-32(37)39)24-31(27-12-3-1-4-13-27)28-14-5-2-6-15-28/h1-8,10-17,20-21,31H,9,18-19,22-24H2,(H2,37,39). The Hall–Kier alpha value is -4.30. The number of nitrogens with two attached hydrogens (primary N) is 1. The number of ether oxygens (including phenoxy) is 2. The third-order valence-corrected chi connectivity index (χ3v) is 6.55. The minimum absolute atomic E-state index is 0.0541. The number of rotatable bonds is 14. The van der Waals surface area contributed by atoms with Crippen molar-refractivity contribution < 1.29 is 27.4 Å². The molecule has 41 heavy (non-hydrogen) atoms. The Balaban J connectivity index is 1.50. The zero-order valence-corrected chi connectivity index (χ0v) is 22.6. The Morgan fingerprint density at radius 1 is 0.780 bits per heavy atom. The van der Waals surface area contributed by atoms with Gasteiger partial charge in [-0.25, -0.2) is 0 Å². The van der Waals surface area contributed by atoms with E-state index in [4.69, 9.17) is 10.5 Å². The molecule has 0 radical (unpaired) electrons. The van der Waals surface area contributed by atoms with Crippen LogP contribution in [0.5, 0.6) is 11.5 Å². The van der Waals surface area contributed by atoms with Crippen LogP contribution in [0, 0.1) is 0 Å². The van der Waals surface area contributed by atoms with Crippen molar-refractivity contribution in [3.05, 3.63) is 131 Å². The number of hydrogen-bond donors (Lipinski definition) is 1. The average molecular weight is 563 g/mol. The molecule has 0 aliphatic carbocycles. The highest BCUT2D eigenvalue weighted by Gasteiger charge is 2.31. The number of hydrogen-bond acceptors (Lipinski definition) is 4. The second-order valence-electron chi connectivity index (χ2n) is 9.80. The van der Waals surface area contributed by atoms with Gasteiger partial charge in [0.25, 0.3) is 0 Å². The van der Waals surface area contributed by atoms with Crippen molar-refractivity contribution in [3.63, 3.8) is 0 Å². The number of carbonyl (C=O) groups is 1. The molecule has 0 heterocycles. The van der Waals surface area contributed by atoms with E-state index >= 15 is 0 Å². The van der Waals surface area contributed by atoms with Gasteiger partial charge in [0.05, 0.1) is 13.0 Å². The molecule has 4 rings (SSSR count). The molecule has 0 saturated carbocycles. The molecule has 4 aromatic rings. The fourth-order valence-corrected chi connectivity index (χ4v) is 4.79. The lowest BCUT2D eigenvalue weighted by atomic mass is 9.90. The first-order valence-corrected chi connectivity index (χ1v) is 13.4. The SMILES string of the molecule is NC(=O)Cc1cccc(OCCCN(Cc2cccc(OC(F)(F)F)c2)CC(c2ccccc2)c2ccccc2)c1. The van der Waals surface area contributed by atoms with Crippen molar-refractivity contribution in [1.82, 2.24) is 4.90 Å². The smallest absolute Gasteiger partial charge is 0.494 e. The summed E-state index contributed by atoms with van der Waals surface area (Å²) in [5.74, 6) is 0.0582. The minimum atomic E-state index is -4.75. The van der Waals surface area contributed by atoms with Gasteiger partial charge in [0.2, 0.25) is 5.91 Å². The highest BCUT2D eigenvalue weighted by molar-refractivity contribution is 5.76. The lowest BCUT2D eigenvalue weighted by Gasteiger charge is -2.29. The van der Waals surface area contributed by atoms with Crippen LogP contribution in [0.25, 0.3) is 0 Å². The normalized spacial score (nSPS) is 11.5. The summed E-state index contributed by atoms with van der Waals surface area (Å²) in [6.07, 6.45) is -3.94. The lowest BCUT2D eigenvalue weighted by Crippen LogP contribution is -2.31.